The molecule has 0 saturated heterocycles. The average Bonchev–Trinajstić information content (AvgIpc) is 2.40. The lowest BCUT2D eigenvalue weighted by Gasteiger charge is -2.32. The molecule has 0 unspecified atom stereocenters. The van der Waals surface area contributed by atoms with Crippen molar-refractivity contribution in [2.75, 3.05) is 13.1 Å². The molecular formula is C19H32N2O3. The van der Waals surface area contributed by atoms with Crippen molar-refractivity contribution in [3.63, 3.8) is 0 Å². The van der Waals surface area contributed by atoms with Gasteiger partial charge in [-0.25, -0.2) is 4.79 Å². The number of carbonyl (C=O) groups excluding carboxylic acids is 2. The largest absolute Gasteiger partial charge is 0.444 e. The summed E-state index contributed by atoms with van der Waals surface area (Å²) in [5.74, 6) is -0.150. The van der Waals surface area contributed by atoms with Crippen molar-refractivity contribution in [3.8, 4) is 0 Å². The molecule has 1 aliphatic carbocycles. The molecule has 2 N–H and O–H groups in total. The van der Waals surface area contributed by atoms with Crippen LogP contribution in [0.4, 0.5) is 4.79 Å². The number of rotatable bonds is 5. The van der Waals surface area contributed by atoms with E-state index in [-0.39, 0.29) is 11.3 Å². The van der Waals surface area contributed by atoms with E-state index in [1.54, 1.807) is 6.08 Å². The Kier molecular flexibility index (Phi) is 7.06. The van der Waals surface area contributed by atoms with Gasteiger partial charge in [-0.3, -0.25) is 4.79 Å². The van der Waals surface area contributed by atoms with Gasteiger partial charge in [-0.1, -0.05) is 25.5 Å². The van der Waals surface area contributed by atoms with Crippen molar-refractivity contribution in [3.05, 3.63) is 23.3 Å². The van der Waals surface area contributed by atoms with E-state index in [0.717, 1.165) is 12.8 Å². The summed E-state index contributed by atoms with van der Waals surface area (Å²) in [5.41, 5.74) is 2.23. The zero-order chi connectivity index (χ0) is 18.4. The molecule has 0 aromatic rings. The maximum absolute atomic E-state index is 11.9. The third kappa shape index (κ3) is 7.20. The highest BCUT2D eigenvalue weighted by Crippen LogP contribution is 2.40. The Balaban J connectivity index is 2.38. The number of ether oxygens (including phenoxy) is 1. The average molecular weight is 336 g/mol. The van der Waals surface area contributed by atoms with Gasteiger partial charge in [0.05, 0.1) is 0 Å². The van der Waals surface area contributed by atoms with Crippen molar-refractivity contribution in [2.24, 2.45) is 5.41 Å². The predicted octanol–water partition coefficient (Wildman–Crippen LogP) is 3.71. The van der Waals surface area contributed by atoms with Crippen LogP contribution in [0, 0.1) is 5.41 Å². The second-order valence-corrected chi connectivity index (χ2v) is 7.98. The van der Waals surface area contributed by atoms with Gasteiger partial charge in [0.2, 0.25) is 5.91 Å². The molecule has 1 aliphatic rings. The predicted molar refractivity (Wildman–Crippen MR) is 96.7 cm³/mol. The minimum Gasteiger partial charge on any atom is -0.444 e. The van der Waals surface area contributed by atoms with Crippen LogP contribution in [0.25, 0.3) is 0 Å². The van der Waals surface area contributed by atoms with Crippen LogP contribution in [0.5, 0.6) is 0 Å². The number of hydrogen-bond donors (Lipinski definition) is 2. The molecule has 0 spiro atoms. The normalized spacial score (nSPS) is 17.8. The van der Waals surface area contributed by atoms with Crippen molar-refractivity contribution in [1.82, 2.24) is 10.6 Å². The molecular weight excluding hydrogens is 304 g/mol. The van der Waals surface area contributed by atoms with Gasteiger partial charge in [-0.15, -0.1) is 0 Å². The van der Waals surface area contributed by atoms with Crippen LogP contribution in [0.3, 0.4) is 0 Å². The van der Waals surface area contributed by atoms with Crippen molar-refractivity contribution >= 4 is 12.0 Å². The van der Waals surface area contributed by atoms with Crippen LogP contribution >= 0.6 is 0 Å². The molecule has 2 amide bonds. The van der Waals surface area contributed by atoms with Crippen molar-refractivity contribution < 1.29 is 14.3 Å². The number of nitrogens with one attached hydrogen (secondary N) is 2. The summed E-state index contributed by atoms with van der Waals surface area (Å²) in [6, 6.07) is 0. The summed E-state index contributed by atoms with van der Waals surface area (Å²) < 4.78 is 5.12. The topological polar surface area (TPSA) is 67.4 Å². The van der Waals surface area contributed by atoms with Crippen LogP contribution in [0.1, 0.15) is 60.8 Å². The summed E-state index contributed by atoms with van der Waals surface area (Å²) in [6.07, 6.45) is 6.50. The SMILES string of the molecule is CC1=C(C=CC(=O)NCCNC(=O)OC(C)(C)C)C(C)(C)CCC1. The van der Waals surface area contributed by atoms with E-state index in [4.69, 9.17) is 4.74 Å². The molecule has 0 saturated carbocycles. The fourth-order valence-electron chi connectivity index (χ4n) is 2.89. The standard InChI is InChI=1S/C19H32N2O3/c1-14-8-7-11-19(5,6)15(14)9-10-16(22)20-12-13-21-17(23)24-18(2,3)4/h9-10H,7-8,11-13H2,1-6H3,(H,20,22)(H,21,23). The first-order valence-electron chi connectivity index (χ1n) is 8.64. The molecule has 0 aromatic heterocycles. The molecule has 0 radical (unpaired) electrons. The Morgan fingerprint density at radius 2 is 1.83 bits per heavy atom. The fourth-order valence-corrected chi connectivity index (χ4v) is 2.89. The summed E-state index contributed by atoms with van der Waals surface area (Å²) in [7, 11) is 0. The number of allylic oxidation sites excluding steroid dienone is 3. The van der Waals surface area contributed by atoms with Gasteiger partial charge >= 0.3 is 6.09 Å². The third-order valence-electron chi connectivity index (χ3n) is 4.04. The first kappa shape index (κ1) is 20.3. The molecule has 5 heteroatoms. The van der Waals surface area contributed by atoms with Crippen LogP contribution in [-0.2, 0) is 9.53 Å². The highest BCUT2D eigenvalue weighted by Gasteiger charge is 2.26. The Labute approximate surface area is 145 Å². The summed E-state index contributed by atoms with van der Waals surface area (Å²) >= 11 is 0. The Morgan fingerprint density at radius 1 is 1.21 bits per heavy atom. The van der Waals surface area contributed by atoms with Gasteiger partial charge in [0.1, 0.15) is 5.60 Å². The lowest BCUT2D eigenvalue weighted by molar-refractivity contribution is -0.116. The number of amides is 2. The molecule has 0 atom stereocenters. The summed E-state index contributed by atoms with van der Waals surface area (Å²) in [4.78, 5) is 23.4. The van der Waals surface area contributed by atoms with Gasteiger partial charge in [-0.2, -0.15) is 0 Å². The van der Waals surface area contributed by atoms with E-state index in [1.807, 2.05) is 26.8 Å². The smallest absolute Gasteiger partial charge is 0.407 e. The minimum atomic E-state index is -0.519. The molecule has 0 aromatic carbocycles. The maximum atomic E-state index is 11.9. The van der Waals surface area contributed by atoms with E-state index >= 15 is 0 Å². The Morgan fingerprint density at radius 3 is 2.42 bits per heavy atom. The van der Waals surface area contributed by atoms with Crippen molar-refractivity contribution in [2.45, 2.75) is 66.4 Å². The molecule has 136 valence electrons. The Hall–Kier alpha value is -1.78. The molecule has 0 heterocycles. The van der Waals surface area contributed by atoms with Crippen LogP contribution in [0.2, 0.25) is 0 Å². The number of carbonyl (C=O) groups is 2. The van der Waals surface area contributed by atoms with Crippen LogP contribution in [-0.4, -0.2) is 30.7 Å². The van der Waals surface area contributed by atoms with Gasteiger partial charge in [-0.05, 0) is 57.9 Å². The van der Waals surface area contributed by atoms with Gasteiger partial charge in [0.15, 0.2) is 0 Å². The molecule has 0 fully saturated rings. The summed E-state index contributed by atoms with van der Waals surface area (Å²) in [5, 5.41) is 5.37. The van der Waals surface area contributed by atoms with E-state index in [9.17, 15) is 9.59 Å². The maximum Gasteiger partial charge on any atom is 0.407 e. The third-order valence-corrected chi connectivity index (χ3v) is 4.04. The highest BCUT2D eigenvalue weighted by molar-refractivity contribution is 5.88. The zero-order valence-electron chi connectivity index (χ0n) is 15.9. The summed E-state index contributed by atoms with van der Waals surface area (Å²) in [6.45, 7) is 12.7. The molecule has 0 aliphatic heterocycles. The second-order valence-electron chi connectivity index (χ2n) is 7.98. The minimum absolute atomic E-state index is 0.122. The Bertz CT molecular complexity index is 525. The first-order valence-corrected chi connectivity index (χ1v) is 8.64. The van der Waals surface area contributed by atoms with E-state index in [2.05, 4.69) is 31.4 Å². The van der Waals surface area contributed by atoms with E-state index in [0.29, 0.717) is 13.1 Å². The van der Waals surface area contributed by atoms with E-state index in [1.165, 1.54) is 17.6 Å². The zero-order valence-corrected chi connectivity index (χ0v) is 15.9. The van der Waals surface area contributed by atoms with Crippen molar-refractivity contribution in [1.29, 1.82) is 0 Å². The number of alkyl carbamates (subject to hydrolysis) is 1. The molecule has 24 heavy (non-hydrogen) atoms. The van der Waals surface area contributed by atoms with E-state index < -0.39 is 11.7 Å². The first-order chi connectivity index (χ1) is 11.0. The molecule has 1 rings (SSSR count). The fraction of sp³-hybridized carbons (Fsp3) is 0.684. The quantitative estimate of drug-likeness (QED) is 0.594. The molecule has 0 bridgehead atoms. The number of hydrogen-bond acceptors (Lipinski definition) is 3. The van der Waals surface area contributed by atoms with Gasteiger partial charge in [0, 0.05) is 19.2 Å². The lowest BCUT2D eigenvalue weighted by atomic mass is 9.72. The molecule has 5 nitrogen and oxygen atoms in total. The van der Waals surface area contributed by atoms with Crippen LogP contribution < -0.4 is 10.6 Å². The van der Waals surface area contributed by atoms with Crippen LogP contribution in [0.15, 0.2) is 23.3 Å². The lowest BCUT2D eigenvalue weighted by Crippen LogP contribution is -2.37. The monoisotopic (exact) mass is 336 g/mol. The van der Waals surface area contributed by atoms with Gasteiger partial charge < -0.3 is 15.4 Å². The van der Waals surface area contributed by atoms with Gasteiger partial charge in [0.25, 0.3) is 0 Å². The highest BCUT2D eigenvalue weighted by atomic mass is 16.6. The second kappa shape index (κ2) is 8.36.